The Morgan fingerprint density at radius 3 is 2.72 bits per heavy atom. The molecule has 0 bridgehead atoms. The Balaban J connectivity index is 1.62. The molecule has 0 radical (unpaired) electrons. The van der Waals surface area contributed by atoms with E-state index in [4.69, 9.17) is 5.26 Å². The lowest BCUT2D eigenvalue weighted by molar-refractivity contribution is 0.249. The highest BCUT2D eigenvalue weighted by Crippen LogP contribution is 2.16. The van der Waals surface area contributed by atoms with Crippen molar-refractivity contribution in [1.82, 2.24) is 20.1 Å². The third-order valence-electron chi connectivity index (χ3n) is 3.67. The van der Waals surface area contributed by atoms with E-state index in [2.05, 4.69) is 20.7 Å². The average Bonchev–Trinajstić information content (AvgIpc) is 3.16. The minimum absolute atomic E-state index is 0.177. The standard InChI is InChI=1S/C18H16N6O/c1-13(15-5-7-17(8-6-15)24-12-20-11-21-24)22-18(25)23-16-4-2-3-14(9-16)10-19/h2-9,11-13H,1H3,(H2,22,23,25). The molecule has 1 unspecified atom stereocenters. The van der Waals surface area contributed by atoms with Crippen molar-refractivity contribution in [3.63, 3.8) is 0 Å². The summed E-state index contributed by atoms with van der Waals surface area (Å²) in [6.45, 7) is 1.90. The molecule has 1 aromatic heterocycles. The highest BCUT2D eigenvalue weighted by molar-refractivity contribution is 5.89. The predicted octanol–water partition coefficient (Wildman–Crippen LogP) is 3.02. The zero-order valence-corrected chi connectivity index (χ0v) is 13.5. The maximum atomic E-state index is 12.1. The first-order valence-electron chi connectivity index (χ1n) is 7.68. The van der Waals surface area contributed by atoms with Gasteiger partial charge >= 0.3 is 6.03 Å². The number of hydrogen-bond acceptors (Lipinski definition) is 4. The number of rotatable bonds is 4. The molecule has 0 spiro atoms. The third-order valence-corrected chi connectivity index (χ3v) is 3.67. The van der Waals surface area contributed by atoms with Gasteiger partial charge in [0.15, 0.2) is 0 Å². The minimum Gasteiger partial charge on any atom is -0.331 e. The summed E-state index contributed by atoms with van der Waals surface area (Å²) in [7, 11) is 0. The predicted molar refractivity (Wildman–Crippen MR) is 93.1 cm³/mol. The van der Waals surface area contributed by atoms with Gasteiger partial charge in [0.2, 0.25) is 0 Å². The molecule has 1 heterocycles. The lowest BCUT2D eigenvalue weighted by Gasteiger charge is -2.15. The smallest absolute Gasteiger partial charge is 0.319 e. The van der Waals surface area contributed by atoms with Gasteiger partial charge in [-0.3, -0.25) is 0 Å². The Kier molecular flexibility index (Phi) is 4.72. The van der Waals surface area contributed by atoms with Gasteiger partial charge in [-0.1, -0.05) is 18.2 Å². The highest BCUT2D eigenvalue weighted by Gasteiger charge is 2.10. The van der Waals surface area contributed by atoms with Crippen LogP contribution < -0.4 is 10.6 Å². The fraction of sp³-hybridized carbons (Fsp3) is 0.111. The second-order valence-corrected chi connectivity index (χ2v) is 5.44. The van der Waals surface area contributed by atoms with Crippen molar-refractivity contribution in [2.75, 3.05) is 5.32 Å². The van der Waals surface area contributed by atoms with E-state index < -0.39 is 0 Å². The van der Waals surface area contributed by atoms with Crippen molar-refractivity contribution >= 4 is 11.7 Å². The van der Waals surface area contributed by atoms with Crippen LogP contribution in [0.25, 0.3) is 5.69 Å². The number of nitriles is 1. The third kappa shape index (κ3) is 4.00. The summed E-state index contributed by atoms with van der Waals surface area (Å²) in [5.41, 5.74) is 2.93. The number of urea groups is 1. The zero-order valence-electron chi connectivity index (χ0n) is 13.5. The van der Waals surface area contributed by atoms with Crippen molar-refractivity contribution in [3.8, 4) is 11.8 Å². The number of carbonyl (C=O) groups excluding carboxylic acids is 1. The Morgan fingerprint density at radius 1 is 1.24 bits per heavy atom. The van der Waals surface area contributed by atoms with Crippen LogP contribution in [0, 0.1) is 11.3 Å². The van der Waals surface area contributed by atoms with Crippen molar-refractivity contribution in [1.29, 1.82) is 5.26 Å². The molecule has 7 nitrogen and oxygen atoms in total. The highest BCUT2D eigenvalue weighted by atomic mass is 16.2. The number of nitrogens with one attached hydrogen (secondary N) is 2. The molecular formula is C18H16N6O. The topological polar surface area (TPSA) is 95.6 Å². The number of aromatic nitrogens is 3. The fourth-order valence-electron chi connectivity index (χ4n) is 2.37. The van der Waals surface area contributed by atoms with Gasteiger partial charge in [0.1, 0.15) is 12.7 Å². The summed E-state index contributed by atoms with van der Waals surface area (Å²) >= 11 is 0. The van der Waals surface area contributed by atoms with Crippen molar-refractivity contribution in [2.24, 2.45) is 0 Å². The number of hydrogen-bond donors (Lipinski definition) is 2. The summed E-state index contributed by atoms with van der Waals surface area (Å²) < 4.78 is 1.66. The van der Waals surface area contributed by atoms with Crippen LogP contribution in [0.1, 0.15) is 24.1 Å². The summed E-state index contributed by atoms with van der Waals surface area (Å²) in [6.07, 6.45) is 3.10. The van der Waals surface area contributed by atoms with E-state index in [1.807, 2.05) is 37.3 Å². The lowest BCUT2D eigenvalue weighted by Crippen LogP contribution is -2.31. The number of nitrogens with zero attached hydrogens (tertiary/aromatic N) is 4. The lowest BCUT2D eigenvalue weighted by atomic mass is 10.1. The molecule has 7 heteroatoms. The molecule has 0 aliphatic heterocycles. The van der Waals surface area contributed by atoms with E-state index in [0.29, 0.717) is 11.3 Å². The van der Waals surface area contributed by atoms with Crippen molar-refractivity contribution in [2.45, 2.75) is 13.0 Å². The molecule has 25 heavy (non-hydrogen) atoms. The summed E-state index contributed by atoms with van der Waals surface area (Å²) in [5, 5.41) is 18.6. The van der Waals surface area contributed by atoms with Gasteiger partial charge in [0.05, 0.1) is 23.4 Å². The molecule has 3 aromatic rings. The van der Waals surface area contributed by atoms with E-state index in [9.17, 15) is 4.79 Å². The molecule has 1 atom stereocenters. The van der Waals surface area contributed by atoms with Gasteiger partial charge < -0.3 is 10.6 Å². The van der Waals surface area contributed by atoms with Gasteiger partial charge in [0.25, 0.3) is 0 Å². The molecule has 0 saturated heterocycles. The monoisotopic (exact) mass is 332 g/mol. The van der Waals surface area contributed by atoms with Gasteiger partial charge in [0, 0.05) is 5.69 Å². The molecule has 3 rings (SSSR count). The van der Waals surface area contributed by atoms with E-state index in [-0.39, 0.29) is 12.1 Å². The van der Waals surface area contributed by atoms with E-state index in [1.54, 1.807) is 35.3 Å². The Labute approximate surface area is 144 Å². The molecule has 0 saturated carbocycles. The molecule has 2 amide bonds. The number of benzene rings is 2. The molecule has 2 N–H and O–H groups in total. The minimum atomic E-state index is -0.331. The second-order valence-electron chi connectivity index (χ2n) is 5.44. The first-order chi connectivity index (χ1) is 12.2. The van der Waals surface area contributed by atoms with Gasteiger partial charge in [-0.2, -0.15) is 10.4 Å². The molecule has 0 aliphatic rings. The average molecular weight is 332 g/mol. The zero-order chi connectivity index (χ0) is 17.6. The fourth-order valence-corrected chi connectivity index (χ4v) is 2.37. The Hall–Kier alpha value is -3.66. The largest absolute Gasteiger partial charge is 0.331 e. The molecule has 0 aliphatic carbocycles. The number of anilines is 1. The van der Waals surface area contributed by atoms with Crippen molar-refractivity contribution in [3.05, 3.63) is 72.3 Å². The van der Waals surface area contributed by atoms with Crippen LogP contribution in [0.2, 0.25) is 0 Å². The van der Waals surface area contributed by atoms with Crippen molar-refractivity contribution < 1.29 is 4.79 Å². The maximum absolute atomic E-state index is 12.1. The van der Waals surface area contributed by atoms with Crippen LogP contribution in [-0.4, -0.2) is 20.8 Å². The molecule has 2 aromatic carbocycles. The summed E-state index contributed by atoms with van der Waals surface area (Å²) in [6, 6.07) is 16.0. The Bertz CT molecular complexity index is 896. The SMILES string of the molecule is CC(NC(=O)Nc1cccc(C#N)c1)c1ccc(-n2cncn2)cc1. The van der Waals surface area contributed by atoms with Crippen LogP contribution in [0.5, 0.6) is 0 Å². The van der Waals surface area contributed by atoms with E-state index >= 15 is 0 Å². The van der Waals surface area contributed by atoms with Crippen LogP contribution in [-0.2, 0) is 0 Å². The van der Waals surface area contributed by atoms with Crippen LogP contribution in [0.15, 0.2) is 61.2 Å². The first-order valence-corrected chi connectivity index (χ1v) is 7.68. The quantitative estimate of drug-likeness (QED) is 0.767. The molecule has 0 fully saturated rings. The van der Waals surface area contributed by atoms with Crippen LogP contribution in [0.4, 0.5) is 10.5 Å². The van der Waals surface area contributed by atoms with Crippen LogP contribution in [0.3, 0.4) is 0 Å². The van der Waals surface area contributed by atoms with Gasteiger partial charge in [-0.05, 0) is 42.8 Å². The second kappa shape index (κ2) is 7.27. The van der Waals surface area contributed by atoms with Crippen LogP contribution >= 0.6 is 0 Å². The number of amides is 2. The number of carbonyl (C=O) groups is 1. The van der Waals surface area contributed by atoms with Gasteiger partial charge in [-0.15, -0.1) is 0 Å². The summed E-state index contributed by atoms with van der Waals surface area (Å²) in [4.78, 5) is 16.0. The van der Waals surface area contributed by atoms with E-state index in [1.165, 1.54) is 6.33 Å². The molecule has 124 valence electrons. The Morgan fingerprint density at radius 2 is 2.04 bits per heavy atom. The maximum Gasteiger partial charge on any atom is 0.319 e. The summed E-state index contributed by atoms with van der Waals surface area (Å²) in [5.74, 6) is 0. The van der Waals surface area contributed by atoms with E-state index in [0.717, 1.165) is 11.3 Å². The van der Waals surface area contributed by atoms with Gasteiger partial charge in [-0.25, -0.2) is 14.5 Å². The first kappa shape index (κ1) is 16.2. The molecular weight excluding hydrogens is 316 g/mol. The normalized spacial score (nSPS) is 11.4.